The Balaban J connectivity index is 1.99. The van der Waals surface area contributed by atoms with E-state index in [1.807, 2.05) is 26.0 Å². The van der Waals surface area contributed by atoms with Crippen LogP contribution in [-0.4, -0.2) is 29.6 Å². The second-order valence-corrected chi connectivity index (χ2v) is 5.64. The van der Waals surface area contributed by atoms with Crippen LogP contribution in [0.3, 0.4) is 0 Å². The molecule has 2 heterocycles. The van der Waals surface area contributed by atoms with Crippen LogP contribution in [0.2, 0.25) is 0 Å². The Kier molecular flexibility index (Phi) is 2.54. The van der Waals surface area contributed by atoms with E-state index in [9.17, 15) is 9.59 Å². The van der Waals surface area contributed by atoms with E-state index in [0.717, 1.165) is 5.57 Å². The Bertz CT molecular complexity index is 542. The van der Waals surface area contributed by atoms with Gasteiger partial charge in [-0.15, -0.1) is 0 Å². The van der Waals surface area contributed by atoms with Crippen LogP contribution in [-0.2, 0) is 19.1 Å². The first-order valence-corrected chi connectivity index (χ1v) is 6.38. The van der Waals surface area contributed by atoms with E-state index in [-0.39, 0.29) is 23.9 Å². The molecule has 0 saturated carbocycles. The molecule has 4 heteroatoms. The van der Waals surface area contributed by atoms with E-state index < -0.39 is 23.6 Å². The maximum absolute atomic E-state index is 12.4. The first-order chi connectivity index (χ1) is 8.90. The molecule has 0 unspecified atom stereocenters. The summed E-state index contributed by atoms with van der Waals surface area (Å²) in [6.45, 7) is 7.52. The maximum Gasteiger partial charge on any atom is 0.334 e. The van der Waals surface area contributed by atoms with Crippen LogP contribution in [0.25, 0.3) is 0 Å². The van der Waals surface area contributed by atoms with Gasteiger partial charge in [-0.1, -0.05) is 24.3 Å². The van der Waals surface area contributed by atoms with Crippen molar-refractivity contribution in [1.29, 1.82) is 0 Å². The van der Waals surface area contributed by atoms with E-state index in [0.29, 0.717) is 0 Å². The topological polar surface area (TPSA) is 55.9 Å². The number of fused-ring (bicyclic) bond motifs is 2. The predicted octanol–water partition coefficient (Wildman–Crippen LogP) is 1.72. The van der Waals surface area contributed by atoms with Crippen LogP contribution >= 0.6 is 0 Å². The quantitative estimate of drug-likeness (QED) is 0.378. The number of hydrogen-bond acceptors (Lipinski definition) is 4. The number of Topliss-reactive ketones (excluding diaryl/α,β-unsaturated/α-hetero) is 1. The highest BCUT2D eigenvalue weighted by Gasteiger charge is 2.54. The summed E-state index contributed by atoms with van der Waals surface area (Å²) in [5.74, 6) is -1.09. The van der Waals surface area contributed by atoms with Gasteiger partial charge in [-0.05, 0) is 19.9 Å². The van der Waals surface area contributed by atoms with Crippen molar-refractivity contribution in [2.45, 2.75) is 38.1 Å². The minimum Gasteiger partial charge on any atom is -0.454 e. The summed E-state index contributed by atoms with van der Waals surface area (Å²) in [5.41, 5.74) is 0.760. The number of ether oxygens (including phenoxy) is 2. The van der Waals surface area contributed by atoms with Gasteiger partial charge in [-0.2, -0.15) is 0 Å². The molecule has 19 heavy (non-hydrogen) atoms. The van der Waals surface area contributed by atoms with Crippen molar-refractivity contribution in [2.24, 2.45) is 5.92 Å². The number of hydrogen-bond donors (Lipinski definition) is 0. The van der Waals surface area contributed by atoms with Gasteiger partial charge in [0, 0.05) is 12.0 Å². The van der Waals surface area contributed by atoms with Crippen molar-refractivity contribution in [3.63, 3.8) is 0 Å². The van der Waals surface area contributed by atoms with Gasteiger partial charge in [0.15, 0.2) is 0 Å². The molecule has 3 rings (SSSR count). The molecule has 2 aliphatic heterocycles. The second-order valence-electron chi connectivity index (χ2n) is 5.64. The number of carbonyl (C=O) groups is 2. The Hall–Kier alpha value is -1.68. The van der Waals surface area contributed by atoms with Gasteiger partial charge in [0.1, 0.15) is 23.6 Å². The SMILES string of the molecule is C=C1C(=O)O[C@H]2/C=C(C)\C=C/[C@H]3O[C@]3(C)CC(=O)[C@@H]12. The average molecular weight is 260 g/mol. The van der Waals surface area contributed by atoms with Crippen molar-refractivity contribution >= 4 is 11.8 Å². The molecule has 0 spiro atoms. The largest absolute Gasteiger partial charge is 0.454 e. The normalized spacial score (nSPS) is 45.7. The number of rotatable bonds is 0. The number of allylic oxidation sites excluding steroid dienone is 2. The van der Waals surface area contributed by atoms with E-state index in [2.05, 4.69) is 6.58 Å². The lowest BCUT2D eigenvalue weighted by Crippen LogP contribution is -2.28. The molecule has 3 aliphatic rings. The molecule has 0 amide bonds. The molecule has 0 radical (unpaired) electrons. The maximum atomic E-state index is 12.4. The van der Waals surface area contributed by atoms with E-state index in [1.54, 1.807) is 6.08 Å². The molecule has 4 nitrogen and oxygen atoms in total. The van der Waals surface area contributed by atoms with Gasteiger partial charge in [0.05, 0.1) is 5.92 Å². The third-order valence-electron chi connectivity index (χ3n) is 3.98. The van der Waals surface area contributed by atoms with Crippen LogP contribution in [0.1, 0.15) is 20.3 Å². The highest BCUT2D eigenvalue weighted by Crippen LogP contribution is 2.43. The lowest BCUT2D eigenvalue weighted by molar-refractivity contribution is -0.137. The third-order valence-corrected chi connectivity index (χ3v) is 3.98. The summed E-state index contributed by atoms with van der Waals surface area (Å²) < 4.78 is 10.8. The fourth-order valence-electron chi connectivity index (χ4n) is 2.75. The van der Waals surface area contributed by atoms with E-state index >= 15 is 0 Å². The van der Waals surface area contributed by atoms with Gasteiger partial charge in [0.2, 0.25) is 0 Å². The van der Waals surface area contributed by atoms with Crippen LogP contribution in [0.5, 0.6) is 0 Å². The zero-order valence-electron chi connectivity index (χ0n) is 11.0. The molecule has 0 aromatic heterocycles. The fourth-order valence-corrected chi connectivity index (χ4v) is 2.75. The standard InChI is InChI=1S/C15H16O4/c1-8-4-5-12-15(3,19-12)7-10(16)13-9(2)14(17)18-11(13)6-8/h4-6,11-13H,2,7H2,1,3H3/b5-4-,8-6-/t11-,12+,13+,15+/m0/s1. The van der Waals surface area contributed by atoms with Gasteiger partial charge in [-0.25, -0.2) is 4.79 Å². The van der Waals surface area contributed by atoms with Gasteiger partial charge in [-0.3, -0.25) is 4.79 Å². The summed E-state index contributed by atoms with van der Waals surface area (Å²) in [6.07, 6.45) is 5.42. The summed E-state index contributed by atoms with van der Waals surface area (Å²) in [6, 6.07) is 0. The van der Waals surface area contributed by atoms with Gasteiger partial charge in [0.25, 0.3) is 0 Å². The van der Waals surface area contributed by atoms with Crippen molar-refractivity contribution in [2.75, 3.05) is 0 Å². The molecule has 0 bridgehead atoms. The Morgan fingerprint density at radius 1 is 1.42 bits per heavy atom. The van der Waals surface area contributed by atoms with Crippen LogP contribution in [0.4, 0.5) is 0 Å². The molecular weight excluding hydrogens is 244 g/mol. The smallest absolute Gasteiger partial charge is 0.334 e. The predicted molar refractivity (Wildman–Crippen MR) is 68.3 cm³/mol. The molecule has 0 aromatic rings. The molecule has 0 aromatic carbocycles. The molecule has 100 valence electrons. The fraction of sp³-hybridized carbons (Fsp3) is 0.467. The summed E-state index contributed by atoms with van der Waals surface area (Å²) in [5, 5.41) is 0. The number of esters is 1. The Labute approximate surface area is 111 Å². The summed E-state index contributed by atoms with van der Waals surface area (Å²) in [7, 11) is 0. The van der Waals surface area contributed by atoms with Crippen molar-refractivity contribution in [3.8, 4) is 0 Å². The van der Waals surface area contributed by atoms with Crippen LogP contribution in [0.15, 0.2) is 36.0 Å². The Morgan fingerprint density at radius 3 is 2.89 bits per heavy atom. The zero-order valence-corrected chi connectivity index (χ0v) is 11.0. The van der Waals surface area contributed by atoms with Gasteiger partial charge >= 0.3 is 5.97 Å². The van der Waals surface area contributed by atoms with Crippen LogP contribution < -0.4 is 0 Å². The second kappa shape index (κ2) is 3.90. The highest BCUT2D eigenvalue weighted by atomic mass is 16.6. The Morgan fingerprint density at radius 2 is 2.16 bits per heavy atom. The van der Waals surface area contributed by atoms with Crippen molar-refractivity contribution < 1.29 is 19.1 Å². The molecule has 2 saturated heterocycles. The number of ketones is 1. The molecule has 0 N–H and O–H groups in total. The average Bonchev–Trinajstić information content (AvgIpc) is 2.86. The minimum atomic E-state index is -0.573. The van der Waals surface area contributed by atoms with E-state index in [4.69, 9.17) is 9.47 Å². The first-order valence-electron chi connectivity index (χ1n) is 6.38. The summed E-state index contributed by atoms with van der Waals surface area (Å²) in [4.78, 5) is 24.0. The molecule has 2 fully saturated rings. The van der Waals surface area contributed by atoms with Crippen molar-refractivity contribution in [3.05, 3.63) is 36.0 Å². The lowest BCUT2D eigenvalue weighted by atomic mass is 9.85. The molecule has 1 aliphatic carbocycles. The first kappa shape index (κ1) is 12.4. The van der Waals surface area contributed by atoms with Gasteiger partial charge < -0.3 is 9.47 Å². The van der Waals surface area contributed by atoms with Crippen LogP contribution in [0, 0.1) is 5.92 Å². The molecule has 4 atom stereocenters. The van der Waals surface area contributed by atoms with E-state index in [1.165, 1.54) is 0 Å². The third kappa shape index (κ3) is 1.96. The number of carbonyl (C=O) groups excluding carboxylic acids is 2. The molecular formula is C15H16O4. The monoisotopic (exact) mass is 260 g/mol. The summed E-state index contributed by atoms with van der Waals surface area (Å²) >= 11 is 0. The van der Waals surface area contributed by atoms with Crippen molar-refractivity contribution in [1.82, 2.24) is 0 Å². The zero-order chi connectivity index (χ0) is 13.8. The highest BCUT2D eigenvalue weighted by molar-refractivity contribution is 6.01. The minimum absolute atomic E-state index is 0.0253. The lowest BCUT2D eigenvalue weighted by Gasteiger charge is -2.16. The number of epoxide rings is 1.